The molecule has 0 bridgehead atoms. The molecule has 1 saturated heterocycles. The number of carbonyl (C=O) groups is 1. The second kappa shape index (κ2) is 22.2. The maximum absolute atomic E-state index is 11.9. The molecule has 1 fully saturated rings. The maximum atomic E-state index is 11.9. The fourth-order valence-electron chi connectivity index (χ4n) is 5.95. The van der Waals surface area contributed by atoms with Crippen LogP contribution < -0.4 is 5.32 Å². The van der Waals surface area contributed by atoms with E-state index in [1.165, 1.54) is 0 Å². The Kier molecular flexibility index (Phi) is 17.4. The van der Waals surface area contributed by atoms with Gasteiger partial charge in [0.25, 0.3) is 0 Å². The first kappa shape index (κ1) is 40.8. The molecule has 5 atom stereocenters. The van der Waals surface area contributed by atoms with Crippen LogP contribution in [0.25, 0.3) is 0 Å². The van der Waals surface area contributed by atoms with Crippen molar-refractivity contribution in [2.45, 2.75) is 85.1 Å². The molecule has 9 nitrogen and oxygen atoms in total. The molecule has 0 radical (unpaired) electrons. The summed E-state index contributed by atoms with van der Waals surface area (Å²) in [5, 5.41) is 14.0. The minimum atomic E-state index is -0.944. The van der Waals surface area contributed by atoms with E-state index in [4.69, 9.17) is 23.7 Å². The molecule has 0 aliphatic carbocycles. The van der Waals surface area contributed by atoms with Crippen LogP contribution in [-0.2, 0) is 48.3 Å². The van der Waals surface area contributed by atoms with Crippen LogP contribution in [0.3, 0.4) is 0 Å². The minimum absolute atomic E-state index is 0.0612. The molecule has 1 aliphatic heterocycles. The number of aryl methyl sites for hydroxylation is 2. The summed E-state index contributed by atoms with van der Waals surface area (Å²) in [5.74, 6) is 0.0612. The highest BCUT2D eigenvalue weighted by atomic mass is 16.7. The van der Waals surface area contributed by atoms with Crippen LogP contribution in [0.2, 0.25) is 0 Å². The first-order valence-corrected chi connectivity index (χ1v) is 18.3. The number of hydrogen-bond acceptors (Lipinski definition) is 8. The van der Waals surface area contributed by atoms with Gasteiger partial charge in [0.1, 0.15) is 24.4 Å². The van der Waals surface area contributed by atoms with Crippen LogP contribution in [-0.4, -0.2) is 79.5 Å². The Bertz CT molecular complexity index is 1550. The van der Waals surface area contributed by atoms with Crippen molar-refractivity contribution < 1.29 is 33.6 Å². The van der Waals surface area contributed by atoms with Crippen molar-refractivity contribution in [2.24, 2.45) is 0 Å². The summed E-state index contributed by atoms with van der Waals surface area (Å²) in [6.07, 6.45) is -3.40. The molecule has 52 heavy (non-hydrogen) atoms. The largest absolute Gasteiger partial charge is 0.385 e. The Hall–Kier alpha value is -3.93. The number of nitrogens with zero attached hydrogens (tertiary/aromatic N) is 1. The van der Waals surface area contributed by atoms with E-state index in [2.05, 4.69) is 24.1 Å². The summed E-state index contributed by atoms with van der Waals surface area (Å²) in [4.78, 5) is 14.0. The fourth-order valence-corrected chi connectivity index (χ4v) is 5.95. The standard InChI is InChI=1S/C29H34O6.C14H22N2O/c1-2-32-29-26(30)28(34-20-24-16-10-5-11-17-24)27(35-29)25(33-19-23-14-8-4-9-15-23)21-31-18-22-12-6-3-7-13-22;1-5-16(6-2)10-13(17)15-14-11(3)8-7-9-12(14)4/h3-17,25-30H,2,18-21H2,1H3;7-9H,5-6,10H2,1-4H3,(H,15,17)/t25-,26+,27?,28-,29?;/m1./s1. The summed E-state index contributed by atoms with van der Waals surface area (Å²) in [5.41, 5.74) is 6.30. The molecule has 5 rings (SSSR count). The van der Waals surface area contributed by atoms with Gasteiger partial charge < -0.3 is 34.1 Å². The molecule has 4 aromatic rings. The van der Waals surface area contributed by atoms with E-state index < -0.39 is 30.7 Å². The number of hydrogen-bond donors (Lipinski definition) is 2. The Morgan fingerprint density at radius 1 is 0.750 bits per heavy atom. The van der Waals surface area contributed by atoms with Crippen LogP contribution in [0.4, 0.5) is 5.69 Å². The van der Waals surface area contributed by atoms with Crippen molar-refractivity contribution in [2.75, 3.05) is 38.2 Å². The molecule has 280 valence electrons. The van der Waals surface area contributed by atoms with Crippen LogP contribution in [0, 0.1) is 13.8 Å². The third kappa shape index (κ3) is 12.9. The molecule has 1 heterocycles. The second-order valence-electron chi connectivity index (χ2n) is 12.8. The Morgan fingerprint density at radius 3 is 1.83 bits per heavy atom. The van der Waals surface area contributed by atoms with Gasteiger partial charge in [-0.25, -0.2) is 0 Å². The molecule has 9 heteroatoms. The monoisotopic (exact) mass is 712 g/mol. The number of rotatable bonds is 18. The summed E-state index contributed by atoms with van der Waals surface area (Å²) in [6.45, 7) is 14.2. The zero-order valence-corrected chi connectivity index (χ0v) is 31.3. The summed E-state index contributed by atoms with van der Waals surface area (Å²) in [6, 6.07) is 35.8. The summed E-state index contributed by atoms with van der Waals surface area (Å²) < 4.78 is 30.4. The lowest BCUT2D eigenvalue weighted by molar-refractivity contribution is -0.189. The van der Waals surface area contributed by atoms with Gasteiger partial charge in [-0.2, -0.15) is 0 Å². The van der Waals surface area contributed by atoms with E-state index in [0.29, 0.717) is 33.0 Å². The third-order valence-corrected chi connectivity index (χ3v) is 8.92. The molecule has 1 amide bonds. The Labute approximate surface area is 309 Å². The number of amides is 1. The van der Waals surface area contributed by atoms with E-state index in [-0.39, 0.29) is 12.5 Å². The van der Waals surface area contributed by atoms with E-state index in [1.807, 2.05) is 130 Å². The van der Waals surface area contributed by atoms with Gasteiger partial charge in [-0.15, -0.1) is 0 Å². The van der Waals surface area contributed by atoms with Gasteiger partial charge in [0.2, 0.25) is 5.91 Å². The van der Waals surface area contributed by atoms with Crippen molar-refractivity contribution in [3.8, 4) is 0 Å². The lowest BCUT2D eigenvalue weighted by atomic mass is 10.1. The maximum Gasteiger partial charge on any atom is 0.238 e. The highest BCUT2D eigenvalue weighted by molar-refractivity contribution is 5.93. The van der Waals surface area contributed by atoms with E-state index in [0.717, 1.165) is 46.6 Å². The minimum Gasteiger partial charge on any atom is -0.385 e. The molecular formula is C43H56N2O7. The van der Waals surface area contributed by atoms with Gasteiger partial charge in [0.05, 0.1) is 33.0 Å². The Balaban J connectivity index is 0.000000299. The van der Waals surface area contributed by atoms with Crippen molar-refractivity contribution in [1.82, 2.24) is 4.90 Å². The van der Waals surface area contributed by atoms with Crippen molar-refractivity contribution >= 4 is 11.6 Å². The normalized spacial score (nSPS) is 18.8. The molecule has 2 N–H and O–H groups in total. The average molecular weight is 713 g/mol. The topological polar surface area (TPSA) is 98.7 Å². The number of ether oxygens (including phenoxy) is 5. The van der Waals surface area contributed by atoms with Gasteiger partial charge in [-0.1, -0.05) is 123 Å². The Morgan fingerprint density at radius 2 is 1.29 bits per heavy atom. The smallest absolute Gasteiger partial charge is 0.238 e. The fraction of sp³-hybridized carbons (Fsp3) is 0.419. The molecule has 0 saturated carbocycles. The first-order valence-electron chi connectivity index (χ1n) is 18.3. The zero-order valence-electron chi connectivity index (χ0n) is 31.3. The van der Waals surface area contributed by atoms with E-state index in [9.17, 15) is 9.90 Å². The van der Waals surface area contributed by atoms with Gasteiger partial charge >= 0.3 is 0 Å². The summed E-state index contributed by atoms with van der Waals surface area (Å²) in [7, 11) is 0. The van der Waals surface area contributed by atoms with Gasteiger partial charge in [-0.3, -0.25) is 9.69 Å². The van der Waals surface area contributed by atoms with E-state index >= 15 is 0 Å². The van der Waals surface area contributed by atoms with Gasteiger partial charge in [0.15, 0.2) is 6.29 Å². The van der Waals surface area contributed by atoms with Crippen LogP contribution in [0.5, 0.6) is 0 Å². The molecule has 1 aliphatic rings. The van der Waals surface area contributed by atoms with Crippen LogP contribution in [0.15, 0.2) is 109 Å². The van der Waals surface area contributed by atoms with Crippen LogP contribution in [0.1, 0.15) is 48.6 Å². The lowest BCUT2D eigenvalue weighted by Crippen LogP contribution is -2.44. The second-order valence-corrected chi connectivity index (χ2v) is 12.8. The molecule has 0 aromatic heterocycles. The number of aliphatic hydroxyl groups is 1. The number of likely N-dealkylation sites (N-methyl/N-ethyl adjacent to an activating group) is 1. The molecular weight excluding hydrogens is 656 g/mol. The number of anilines is 1. The highest BCUT2D eigenvalue weighted by Gasteiger charge is 2.49. The molecule has 0 spiro atoms. The average Bonchev–Trinajstić information content (AvgIpc) is 3.48. The van der Waals surface area contributed by atoms with E-state index in [1.54, 1.807) is 0 Å². The predicted octanol–water partition coefficient (Wildman–Crippen LogP) is 7.08. The first-order chi connectivity index (χ1) is 25.3. The van der Waals surface area contributed by atoms with Gasteiger partial charge in [-0.05, 0) is 61.7 Å². The lowest BCUT2D eigenvalue weighted by Gasteiger charge is -2.28. The summed E-state index contributed by atoms with van der Waals surface area (Å²) >= 11 is 0. The van der Waals surface area contributed by atoms with Crippen LogP contribution >= 0.6 is 0 Å². The van der Waals surface area contributed by atoms with Crippen molar-refractivity contribution in [3.63, 3.8) is 0 Å². The highest BCUT2D eigenvalue weighted by Crippen LogP contribution is 2.30. The quantitative estimate of drug-likeness (QED) is 0.113. The number of benzene rings is 4. The molecule has 4 aromatic carbocycles. The number of nitrogens with one attached hydrogen (secondary N) is 1. The number of carbonyl (C=O) groups excluding carboxylic acids is 1. The predicted molar refractivity (Wildman–Crippen MR) is 205 cm³/mol. The number of aliphatic hydroxyl groups excluding tert-OH is 1. The van der Waals surface area contributed by atoms with Crippen molar-refractivity contribution in [3.05, 3.63) is 137 Å². The third-order valence-electron chi connectivity index (χ3n) is 8.92. The SMILES string of the molecule is CCN(CC)CC(=O)Nc1c(C)cccc1C.CCOC1OC([C@@H](COCc2ccccc2)OCc2ccccc2)[C@H](OCc2ccccc2)[C@@H]1O. The van der Waals surface area contributed by atoms with Crippen molar-refractivity contribution in [1.29, 1.82) is 0 Å². The molecule has 2 unspecified atom stereocenters. The zero-order chi connectivity index (χ0) is 37.1. The van der Waals surface area contributed by atoms with Gasteiger partial charge in [0, 0.05) is 12.3 Å². The number of para-hydroxylation sites is 1.